The summed E-state index contributed by atoms with van der Waals surface area (Å²) in [6.07, 6.45) is -4.52. The van der Waals surface area contributed by atoms with Crippen molar-refractivity contribution >= 4 is 22.6 Å². The fraction of sp³-hybridized carbons (Fsp3) is 0.100. The number of aromatic nitrogens is 1. The molecule has 1 heterocycles. The predicted molar refractivity (Wildman–Crippen MR) is 54.7 cm³/mol. The third-order valence-corrected chi connectivity index (χ3v) is 2.31. The average molecular weight is 244 g/mol. The fourth-order valence-corrected chi connectivity index (χ4v) is 1.55. The first-order valence-electron chi connectivity index (χ1n) is 4.52. The van der Waals surface area contributed by atoms with Gasteiger partial charge in [-0.1, -0.05) is 0 Å². The molecule has 90 valence electrons. The van der Waals surface area contributed by atoms with E-state index in [1.54, 1.807) is 0 Å². The third kappa shape index (κ3) is 1.91. The number of nitrogen functional groups attached to an aromatic ring is 1. The molecule has 0 aliphatic rings. The van der Waals surface area contributed by atoms with Gasteiger partial charge in [-0.05, 0) is 18.2 Å². The molecule has 2 aromatic rings. The lowest BCUT2D eigenvalue weighted by Crippen LogP contribution is -2.04. The van der Waals surface area contributed by atoms with Crippen molar-refractivity contribution < 1.29 is 23.1 Å². The number of rotatable bonds is 1. The summed E-state index contributed by atoms with van der Waals surface area (Å²) >= 11 is 0. The number of fused-ring (bicyclic) bond motifs is 1. The number of hydrogen-bond acceptors (Lipinski definition) is 2. The molecule has 17 heavy (non-hydrogen) atoms. The van der Waals surface area contributed by atoms with Crippen LogP contribution >= 0.6 is 0 Å². The van der Waals surface area contributed by atoms with Crippen molar-refractivity contribution in [3.8, 4) is 0 Å². The van der Waals surface area contributed by atoms with Crippen LogP contribution < -0.4 is 5.73 Å². The largest absolute Gasteiger partial charge is 0.478 e. The minimum atomic E-state index is -4.52. The molecule has 1 aromatic carbocycles. The Balaban J connectivity index is 2.69. The molecule has 4 nitrogen and oxygen atoms in total. The van der Waals surface area contributed by atoms with Crippen LogP contribution in [0.25, 0.3) is 10.9 Å². The first-order valence-corrected chi connectivity index (χ1v) is 4.52. The SMILES string of the molecule is Nc1cc(C(=O)O)cc2cc(C(F)(F)F)[nH]c12. The number of carboxylic acid groups (broad SMARTS) is 1. The first-order chi connectivity index (χ1) is 7.79. The van der Waals surface area contributed by atoms with Crippen molar-refractivity contribution in [2.75, 3.05) is 5.73 Å². The maximum atomic E-state index is 12.4. The summed E-state index contributed by atoms with van der Waals surface area (Å²) in [5, 5.41) is 8.87. The maximum Gasteiger partial charge on any atom is 0.431 e. The molecule has 0 fully saturated rings. The van der Waals surface area contributed by atoms with Crippen LogP contribution in [0.1, 0.15) is 16.1 Å². The van der Waals surface area contributed by atoms with Gasteiger partial charge in [0.25, 0.3) is 0 Å². The van der Waals surface area contributed by atoms with E-state index in [0.717, 1.165) is 18.2 Å². The van der Waals surface area contributed by atoms with E-state index in [9.17, 15) is 18.0 Å². The van der Waals surface area contributed by atoms with Crippen molar-refractivity contribution in [2.24, 2.45) is 0 Å². The van der Waals surface area contributed by atoms with Crippen LogP contribution in [0.4, 0.5) is 18.9 Å². The highest BCUT2D eigenvalue weighted by atomic mass is 19.4. The Morgan fingerprint density at radius 1 is 1.29 bits per heavy atom. The molecule has 0 aliphatic heterocycles. The van der Waals surface area contributed by atoms with Crippen molar-refractivity contribution in [1.29, 1.82) is 0 Å². The lowest BCUT2D eigenvalue weighted by atomic mass is 10.1. The molecule has 0 aliphatic carbocycles. The Bertz CT molecular complexity index is 601. The van der Waals surface area contributed by atoms with Crippen molar-refractivity contribution in [2.45, 2.75) is 6.18 Å². The molecule has 4 N–H and O–H groups in total. The van der Waals surface area contributed by atoms with Crippen molar-refractivity contribution in [3.05, 3.63) is 29.5 Å². The fourth-order valence-electron chi connectivity index (χ4n) is 1.55. The summed E-state index contributed by atoms with van der Waals surface area (Å²) in [5.74, 6) is -1.24. The minimum absolute atomic E-state index is 0.0320. The Hall–Kier alpha value is -2.18. The van der Waals surface area contributed by atoms with Crippen LogP contribution in [0.2, 0.25) is 0 Å². The van der Waals surface area contributed by atoms with Gasteiger partial charge < -0.3 is 15.8 Å². The molecule has 0 saturated carbocycles. The summed E-state index contributed by atoms with van der Waals surface area (Å²) in [6.45, 7) is 0. The lowest BCUT2D eigenvalue weighted by molar-refractivity contribution is -0.140. The summed E-state index contributed by atoms with van der Waals surface area (Å²) in [4.78, 5) is 12.8. The van der Waals surface area contributed by atoms with Gasteiger partial charge in [-0.2, -0.15) is 13.2 Å². The van der Waals surface area contributed by atoms with Gasteiger partial charge in [-0.3, -0.25) is 0 Å². The summed E-state index contributed by atoms with van der Waals surface area (Å²) in [7, 11) is 0. The van der Waals surface area contributed by atoms with Gasteiger partial charge in [0.15, 0.2) is 0 Å². The zero-order valence-corrected chi connectivity index (χ0v) is 8.30. The monoisotopic (exact) mass is 244 g/mol. The van der Waals surface area contributed by atoms with Gasteiger partial charge in [0, 0.05) is 5.39 Å². The Kier molecular flexibility index (Phi) is 2.27. The number of aromatic carboxylic acids is 1. The standard InChI is InChI=1S/C10H7F3N2O2/c11-10(12,13)7-3-4-1-5(9(16)17)2-6(14)8(4)15-7/h1-3,15H,14H2,(H,16,17). The predicted octanol–water partition coefficient (Wildman–Crippen LogP) is 2.47. The Morgan fingerprint density at radius 3 is 2.47 bits per heavy atom. The molecule has 0 radical (unpaired) electrons. The molecular weight excluding hydrogens is 237 g/mol. The van der Waals surface area contributed by atoms with Crippen LogP contribution in [0.15, 0.2) is 18.2 Å². The van der Waals surface area contributed by atoms with Crippen LogP contribution in [0.3, 0.4) is 0 Å². The van der Waals surface area contributed by atoms with Crippen LogP contribution in [0, 0.1) is 0 Å². The number of benzene rings is 1. The normalized spacial score (nSPS) is 11.9. The van der Waals surface area contributed by atoms with Crippen LogP contribution in [-0.2, 0) is 6.18 Å². The number of nitrogens with one attached hydrogen (secondary N) is 1. The van der Waals surface area contributed by atoms with Crippen molar-refractivity contribution in [3.63, 3.8) is 0 Å². The topological polar surface area (TPSA) is 79.1 Å². The Morgan fingerprint density at radius 2 is 1.94 bits per heavy atom. The molecule has 0 atom stereocenters. The summed E-state index contributed by atoms with van der Waals surface area (Å²) in [5.41, 5.74) is 4.44. The summed E-state index contributed by atoms with van der Waals surface area (Å²) < 4.78 is 37.3. The van der Waals surface area contributed by atoms with Gasteiger partial charge in [0.2, 0.25) is 0 Å². The number of halogens is 3. The highest BCUT2D eigenvalue weighted by Gasteiger charge is 2.32. The van der Waals surface area contributed by atoms with E-state index in [4.69, 9.17) is 10.8 Å². The molecule has 0 spiro atoms. The first kappa shape index (κ1) is 11.3. The van der Waals surface area contributed by atoms with Crippen LogP contribution in [0.5, 0.6) is 0 Å². The number of H-pyrrole nitrogens is 1. The number of anilines is 1. The van der Waals surface area contributed by atoms with Crippen LogP contribution in [-0.4, -0.2) is 16.1 Å². The molecule has 0 bridgehead atoms. The molecular formula is C10H7F3N2O2. The molecule has 0 saturated heterocycles. The second-order valence-corrected chi connectivity index (χ2v) is 3.52. The van der Waals surface area contributed by atoms with E-state index >= 15 is 0 Å². The number of carbonyl (C=O) groups is 1. The summed E-state index contributed by atoms with van der Waals surface area (Å²) in [6, 6.07) is 3.08. The molecule has 0 amide bonds. The van der Waals surface area contributed by atoms with E-state index < -0.39 is 17.8 Å². The molecule has 0 unspecified atom stereocenters. The Labute approximate surface area is 92.8 Å². The van der Waals surface area contributed by atoms with Gasteiger partial charge in [0.1, 0.15) is 5.69 Å². The van der Waals surface area contributed by atoms with E-state index in [0.29, 0.717) is 0 Å². The smallest absolute Gasteiger partial charge is 0.431 e. The van der Waals surface area contributed by atoms with E-state index in [1.807, 2.05) is 0 Å². The highest BCUT2D eigenvalue weighted by molar-refractivity contribution is 5.99. The van der Waals surface area contributed by atoms with E-state index in [-0.39, 0.29) is 22.2 Å². The van der Waals surface area contributed by atoms with Crippen molar-refractivity contribution in [1.82, 2.24) is 4.98 Å². The zero-order valence-electron chi connectivity index (χ0n) is 8.30. The second kappa shape index (κ2) is 3.41. The van der Waals surface area contributed by atoms with E-state index in [1.165, 1.54) is 0 Å². The quantitative estimate of drug-likeness (QED) is 0.674. The van der Waals surface area contributed by atoms with Gasteiger partial charge in [0.05, 0.1) is 16.8 Å². The third-order valence-electron chi connectivity index (χ3n) is 2.31. The number of hydrogen-bond donors (Lipinski definition) is 3. The second-order valence-electron chi connectivity index (χ2n) is 3.52. The molecule has 2 rings (SSSR count). The highest BCUT2D eigenvalue weighted by Crippen LogP contribution is 2.33. The number of nitrogens with two attached hydrogens (primary N) is 1. The maximum absolute atomic E-state index is 12.4. The lowest BCUT2D eigenvalue weighted by Gasteiger charge is -2.01. The zero-order chi connectivity index (χ0) is 12.8. The minimum Gasteiger partial charge on any atom is -0.478 e. The van der Waals surface area contributed by atoms with E-state index in [2.05, 4.69) is 4.98 Å². The van der Waals surface area contributed by atoms with Gasteiger partial charge in [-0.15, -0.1) is 0 Å². The van der Waals surface area contributed by atoms with Gasteiger partial charge in [-0.25, -0.2) is 4.79 Å². The molecule has 7 heteroatoms. The molecule has 1 aromatic heterocycles. The number of aromatic amines is 1. The average Bonchev–Trinajstić information content (AvgIpc) is 2.60. The number of carboxylic acids is 1. The van der Waals surface area contributed by atoms with Gasteiger partial charge >= 0.3 is 12.1 Å². The number of alkyl halides is 3.